The SMILES string of the molecule is CC[C@H](C)NC(=O)N[C@H](C)c1ccccc1. The molecule has 1 aromatic rings. The highest BCUT2D eigenvalue weighted by Gasteiger charge is 2.09. The van der Waals surface area contributed by atoms with Crippen LogP contribution in [-0.2, 0) is 0 Å². The molecule has 0 unspecified atom stereocenters. The molecule has 2 amide bonds. The van der Waals surface area contributed by atoms with Crippen LogP contribution in [0.15, 0.2) is 30.3 Å². The van der Waals surface area contributed by atoms with Crippen LogP contribution >= 0.6 is 0 Å². The van der Waals surface area contributed by atoms with Crippen molar-refractivity contribution in [3.05, 3.63) is 35.9 Å². The molecule has 3 nitrogen and oxygen atoms in total. The Labute approximate surface area is 97.2 Å². The number of hydrogen-bond acceptors (Lipinski definition) is 1. The summed E-state index contributed by atoms with van der Waals surface area (Å²) in [6.07, 6.45) is 0.938. The van der Waals surface area contributed by atoms with Gasteiger partial charge >= 0.3 is 6.03 Å². The summed E-state index contributed by atoms with van der Waals surface area (Å²) in [5.74, 6) is 0. The van der Waals surface area contributed by atoms with Gasteiger partial charge < -0.3 is 10.6 Å². The van der Waals surface area contributed by atoms with Gasteiger partial charge in [0.25, 0.3) is 0 Å². The van der Waals surface area contributed by atoms with Crippen LogP contribution < -0.4 is 10.6 Å². The molecule has 16 heavy (non-hydrogen) atoms. The fourth-order valence-corrected chi connectivity index (χ4v) is 1.39. The fourth-order valence-electron chi connectivity index (χ4n) is 1.39. The molecule has 0 aliphatic rings. The average Bonchev–Trinajstić information content (AvgIpc) is 2.29. The molecule has 0 saturated heterocycles. The van der Waals surface area contributed by atoms with Crippen molar-refractivity contribution in [1.82, 2.24) is 10.6 Å². The Morgan fingerprint density at radius 1 is 1.19 bits per heavy atom. The van der Waals surface area contributed by atoms with Crippen LogP contribution in [0.4, 0.5) is 4.79 Å². The number of rotatable bonds is 4. The first kappa shape index (κ1) is 12.6. The molecule has 0 aliphatic heterocycles. The number of benzene rings is 1. The minimum absolute atomic E-state index is 0.0326. The van der Waals surface area contributed by atoms with Crippen molar-refractivity contribution in [2.24, 2.45) is 0 Å². The molecule has 88 valence electrons. The lowest BCUT2D eigenvalue weighted by atomic mass is 10.1. The van der Waals surface area contributed by atoms with Gasteiger partial charge in [-0.1, -0.05) is 37.3 Å². The van der Waals surface area contributed by atoms with Crippen molar-refractivity contribution in [2.45, 2.75) is 39.3 Å². The Morgan fingerprint density at radius 3 is 2.38 bits per heavy atom. The zero-order valence-electron chi connectivity index (χ0n) is 10.2. The van der Waals surface area contributed by atoms with Crippen molar-refractivity contribution >= 4 is 6.03 Å². The van der Waals surface area contributed by atoms with E-state index in [0.717, 1.165) is 12.0 Å². The first-order chi connectivity index (χ1) is 7.63. The predicted molar refractivity (Wildman–Crippen MR) is 66.3 cm³/mol. The first-order valence-electron chi connectivity index (χ1n) is 5.75. The van der Waals surface area contributed by atoms with Crippen LogP contribution in [0.3, 0.4) is 0 Å². The van der Waals surface area contributed by atoms with Gasteiger partial charge in [0.2, 0.25) is 0 Å². The van der Waals surface area contributed by atoms with Gasteiger partial charge in [-0.3, -0.25) is 0 Å². The lowest BCUT2D eigenvalue weighted by Crippen LogP contribution is -2.41. The summed E-state index contributed by atoms with van der Waals surface area (Å²) >= 11 is 0. The standard InChI is InChI=1S/C13H20N2O/c1-4-10(2)14-13(16)15-11(3)12-8-6-5-7-9-12/h5-11H,4H2,1-3H3,(H2,14,15,16)/t10-,11+/m0/s1. The lowest BCUT2D eigenvalue weighted by Gasteiger charge is -2.17. The van der Waals surface area contributed by atoms with Crippen molar-refractivity contribution < 1.29 is 4.79 Å². The van der Waals surface area contributed by atoms with E-state index in [2.05, 4.69) is 10.6 Å². The van der Waals surface area contributed by atoms with Gasteiger partial charge in [-0.2, -0.15) is 0 Å². The number of amides is 2. The Morgan fingerprint density at radius 2 is 1.81 bits per heavy atom. The first-order valence-corrected chi connectivity index (χ1v) is 5.75. The van der Waals surface area contributed by atoms with Crippen molar-refractivity contribution in [3.8, 4) is 0 Å². The molecule has 2 N–H and O–H groups in total. The average molecular weight is 220 g/mol. The lowest BCUT2D eigenvalue weighted by molar-refractivity contribution is 0.234. The molecule has 1 rings (SSSR count). The smallest absolute Gasteiger partial charge is 0.315 e. The molecule has 0 aromatic heterocycles. The van der Waals surface area contributed by atoms with Crippen LogP contribution in [0, 0.1) is 0 Å². The van der Waals surface area contributed by atoms with E-state index in [1.165, 1.54) is 0 Å². The van der Waals surface area contributed by atoms with E-state index in [9.17, 15) is 4.79 Å². The molecular weight excluding hydrogens is 200 g/mol. The highest BCUT2D eigenvalue weighted by molar-refractivity contribution is 5.74. The Hall–Kier alpha value is -1.51. The molecule has 0 bridgehead atoms. The Bertz CT molecular complexity index is 324. The number of carbonyl (C=O) groups excluding carboxylic acids is 1. The molecule has 0 fully saturated rings. The maximum absolute atomic E-state index is 11.6. The largest absolute Gasteiger partial charge is 0.336 e. The maximum atomic E-state index is 11.6. The molecule has 0 radical (unpaired) electrons. The topological polar surface area (TPSA) is 41.1 Å². The van der Waals surface area contributed by atoms with Gasteiger partial charge in [0.1, 0.15) is 0 Å². The van der Waals surface area contributed by atoms with Crippen molar-refractivity contribution in [1.29, 1.82) is 0 Å². The van der Waals surface area contributed by atoms with E-state index in [4.69, 9.17) is 0 Å². The van der Waals surface area contributed by atoms with Crippen LogP contribution in [0.1, 0.15) is 38.8 Å². The normalized spacial score (nSPS) is 13.9. The molecule has 0 heterocycles. The Kier molecular flexibility index (Phi) is 4.83. The van der Waals surface area contributed by atoms with E-state index in [0.29, 0.717) is 0 Å². The van der Waals surface area contributed by atoms with E-state index < -0.39 is 0 Å². The summed E-state index contributed by atoms with van der Waals surface area (Å²) in [4.78, 5) is 11.6. The van der Waals surface area contributed by atoms with E-state index in [1.54, 1.807) is 0 Å². The third-order valence-corrected chi connectivity index (χ3v) is 2.64. The third-order valence-electron chi connectivity index (χ3n) is 2.64. The summed E-state index contributed by atoms with van der Waals surface area (Å²) in [5, 5.41) is 5.79. The summed E-state index contributed by atoms with van der Waals surface area (Å²) in [6.45, 7) is 6.02. The molecule has 0 saturated carbocycles. The summed E-state index contributed by atoms with van der Waals surface area (Å²) in [6, 6.07) is 10.1. The molecule has 0 aliphatic carbocycles. The van der Waals surface area contributed by atoms with Gasteiger partial charge in [-0.15, -0.1) is 0 Å². The van der Waals surface area contributed by atoms with Crippen LogP contribution in [0.25, 0.3) is 0 Å². The predicted octanol–water partition coefficient (Wildman–Crippen LogP) is 2.85. The summed E-state index contributed by atoms with van der Waals surface area (Å²) in [7, 11) is 0. The third kappa shape index (κ3) is 3.93. The second-order valence-electron chi connectivity index (χ2n) is 4.06. The quantitative estimate of drug-likeness (QED) is 0.805. The minimum Gasteiger partial charge on any atom is -0.336 e. The minimum atomic E-state index is -0.106. The molecular formula is C13H20N2O. The number of urea groups is 1. The van der Waals surface area contributed by atoms with Crippen LogP contribution in [0.5, 0.6) is 0 Å². The highest BCUT2D eigenvalue weighted by Crippen LogP contribution is 2.10. The van der Waals surface area contributed by atoms with Gasteiger partial charge in [0, 0.05) is 6.04 Å². The number of nitrogens with one attached hydrogen (secondary N) is 2. The number of hydrogen-bond donors (Lipinski definition) is 2. The zero-order chi connectivity index (χ0) is 12.0. The van der Waals surface area contributed by atoms with E-state index in [-0.39, 0.29) is 18.1 Å². The number of carbonyl (C=O) groups is 1. The molecule has 3 heteroatoms. The second kappa shape index (κ2) is 6.16. The highest BCUT2D eigenvalue weighted by atomic mass is 16.2. The molecule has 1 aromatic carbocycles. The van der Waals surface area contributed by atoms with Crippen LogP contribution in [-0.4, -0.2) is 12.1 Å². The van der Waals surface area contributed by atoms with Crippen molar-refractivity contribution in [2.75, 3.05) is 0 Å². The Balaban J connectivity index is 2.46. The van der Waals surface area contributed by atoms with E-state index in [1.807, 2.05) is 51.1 Å². The second-order valence-corrected chi connectivity index (χ2v) is 4.06. The summed E-state index contributed by atoms with van der Waals surface area (Å²) < 4.78 is 0. The van der Waals surface area contributed by atoms with Gasteiger partial charge in [-0.05, 0) is 25.8 Å². The summed E-state index contributed by atoms with van der Waals surface area (Å²) in [5.41, 5.74) is 1.11. The van der Waals surface area contributed by atoms with Gasteiger partial charge in [-0.25, -0.2) is 4.79 Å². The molecule has 0 spiro atoms. The van der Waals surface area contributed by atoms with Gasteiger partial charge in [0.15, 0.2) is 0 Å². The maximum Gasteiger partial charge on any atom is 0.315 e. The fraction of sp³-hybridized carbons (Fsp3) is 0.462. The monoisotopic (exact) mass is 220 g/mol. The van der Waals surface area contributed by atoms with E-state index >= 15 is 0 Å². The molecule has 2 atom stereocenters. The zero-order valence-corrected chi connectivity index (χ0v) is 10.2. The van der Waals surface area contributed by atoms with Gasteiger partial charge in [0.05, 0.1) is 6.04 Å². The van der Waals surface area contributed by atoms with Crippen LogP contribution in [0.2, 0.25) is 0 Å². The van der Waals surface area contributed by atoms with Crippen molar-refractivity contribution in [3.63, 3.8) is 0 Å².